The van der Waals surface area contributed by atoms with Gasteiger partial charge in [-0.1, -0.05) is 0 Å². The highest BCUT2D eigenvalue weighted by atomic mass is 16.7. The molecule has 0 aromatic carbocycles. The molecule has 0 spiro atoms. The molecule has 0 heterocycles. The van der Waals surface area contributed by atoms with Gasteiger partial charge in [-0.25, -0.2) is 0 Å². The van der Waals surface area contributed by atoms with Crippen molar-refractivity contribution in [2.45, 2.75) is 0 Å². The van der Waals surface area contributed by atoms with Crippen molar-refractivity contribution in [3.63, 3.8) is 0 Å². The molecule has 0 fully saturated rings. The van der Waals surface area contributed by atoms with E-state index >= 15 is 0 Å². The summed E-state index contributed by atoms with van der Waals surface area (Å²) in [5.41, 5.74) is 4.80. The van der Waals surface area contributed by atoms with Crippen molar-refractivity contribution < 1.29 is 24.8 Å². The third kappa shape index (κ3) is 3.76. The number of nitrogens with two attached hydrogens (primary N) is 1. The lowest BCUT2D eigenvalue weighted by Crippen LogP contribution is -2.30. The average Bonchev–Trinajstić information content (AvgIpc) is 2.13. The lowest BCUT2D eigenvalue weighted by atomic mass is 10.6. The number of nitro groups is 4. The molecule has 0 aromatic heterocycles. The zero-order chi connectivity index (χ0) is 15.3. The fourth-order valence-corrected chi connectivity index (χ4v) is 0.742. The van der Waals surface area contributed by atoms with E-state index < -0.39 is 43.0 Å². The number of aliphatic hydroxyl groups is 1. The van der Waals surface area contributed by atoms with Crippen LogP contribution in [0.5, 0.6) is 0 Å². The van der Waals surface area contributed by atoms with Crippen LogP contribution in [0.1, 0.15) is 0 Å². The van der Waals surface area contributed by atoms with Gasteiger partial charge in [-0.2, -0.15) is 0 Å². The summed E-state index contributed by atoms with van der Waals surface area (Å²) in [5, 5.41) is 51.0. The Morgan fingerprint density at radius 1 is 0.842 bits per heavy atom. The van der Waals surface area contributed by atoms with Crippen molar-refractivity contribution in [2.24, 2.45) is 5.73 Å². The van der Waals surface area contributed by atoms with Crippen LogP contribution in [0, 0.1) is 40.5 Å². The first kappa shape index (κ1) is 15.5. The molecule has 0 unspecified atom stereocenters. The highest BCUT2D eigenvalue weighted by molar-refractivity contribution is 5.03. The Labute approximate surface area is 101 Å². The van der Waals surface area contributed by atoms with E-state index in [1.54, 1.807) is 0 Å². The number of hydrogen-bond acceptors (Lipinski definition) is 11. The monoisotopic (exact) mass is 280 g/mol. The van der Waals surface area contributed by atoms with E-state index in [1.165, 1.54) is 5.32 Å². The van der Waals surface area contributed by atoms with Gasteiger partial charge in [-0.3, -0.25) is 45.8 Å². The summed E-state index contributed by atoms with van der Waals surface area (Å²) in [6, 6.07) is 0. The average molecular weight is 280 g/mol. The third-order valence-corrected chi connectivity index (χ3v) is 1.40. The van der Waals surface area contributed by atoms with Gasteiger partial charge >= 0.3 is 17.5 Å². The Morgan fingerprint density at radius 2 is 1.16 bits per heavy atom. The van der Waals surface area contributed by atoms with Crippen molar-refractivity contribution in [3.05, 3.63) is 63.8 Å². The molecule has 0 radical (unpaired) electrons. The number of nitrogens with zero attached hydrogens (tertiary/aromatic N) is 4. The maximum absolute atomic E-state index is 10.2. The van der Waals surface area contributed by atoms with E-state index in [4.69, 9.17) is 10.8 Å². The second-order valence-corrected chi connectivity index (χ2v) is 2.56. The summed E-state index contributed by atoms with van der Waals surface area (Å²) in [5.74, 6) is -7.06. The Balaban J connectivity index is 5.67. The first-order valence-corrected chi connectivity index (χ1v) is 3.87. The van der Waals surface area contributed by atoms with Gasteiger partial charge in [0.25, 0.3) is 5.82 Å². The van der Waals surface area contributed by atoms with Crippen molar-refractivity contribution in [2.75, 3.05) is 0 Å². The first-order valence-electron chi connectivity index (χ1n) is 3.87. The van der Waals surface area contributed by atoms with E-state index in [9.17, 15) is 40.5 Å². The predicted molar refractivity (Wildman–Crippen MR) is 52.0 cm³/mol. The molecule has 0 saturated carbocycles. The number of hydrogen-bond donors (Lipinski definition) is 3. The van der Waals surface area contributed by atoms with Gasteiger partial charge in [0.15, 0.2) is 0 Å². The molecule has 0 bridgehead atoms. The van der Waals surface area contributed by atoms with Crippen LogP contribution in [-0.2, 0) is 0 Å². The lowest BCUT2D eigenvalue weighted by Gasteiger charge is -1.99. The van der Waals surface area contributed by atoms with E-state index in [-0.39, 0.29) is 0 Å². The Morgan fingerprint density at radius 3 is 1.42 bits per heavy atom. The van der Waals surface area contributed by atoms with Crippen LogP contribution in [0.15, 0.2) is 23.3 Å². The molecule has 0 aliphatic carbocycles. The minimum Gasteiger partial charge on any atom is -0.485 e. The maximum atomic E-state index is 10.2. The molecule has 104 valence electrons. The molecular formula is C4H4N6O9. The maximum Gasteiger partial charge on any atom is 0.619 e. The fourth-order valence-electron chi connectivity index (χ4n) is 0.742. The van der Waals surface area contributed by atoms with E-state index in [2.05, 4.69) is 0 Å². The molecule has 0 atom stereocenters. The number of aliphatic hydroxyl groups excluding tert-OH is 1. The summed E-state index contributed by atoms with van der Waals surface area (Å²) in [6.45, 7) is 0. The Kier molecular flexibility index (Phi) is 4.65. The van der Waals surface area contributed by atoms with Crippen LogP contribution < -0.4 is 11.1 Å². The fraction of sp³-hybridized carbons (Fsp3) is 0. The minimum absolute atomic E-state index is 1.23. The van der Waals surface area contributed by atoms with Crippen LogP contribution in [0.25, 0.3) is 0 Å². The van der Waals surface area contributed by atoms with Crippen molar-refractivity contribution in [1.29, 1.82) is 0 Å². The topological polar surface area (TPSA) is 231 Å². The van der Waals surface area contributed by atoms with Crippen molar-refractivity contribution >= 4 is 0 Å². The van der Waals surface area contributed by atoms with Crippen molar-refractivity contribution in [1.82, 2.24) is 5.32 Å². The van der Waals surface area contributed by atoms with E-state index in [1.807, 2.05) is 0 Å². The zero-order valence-corrected chi connectivity index (χ0v) is 8.58. The van der Waals surface area contributed by atoms with Gasteiger partial charge in [0, 0.05) is 0 Å². The van der Waals surface area contributed by atoms with Gasteiger partial charge in [0.05, 0.1) is 0 Å². The first-order chi connectivity index (χ1) is 8.59. The normalized spacial score (nSPS) is 9.05. The van der Waals surface area contributed by atoms with Gasteiger partial charge in [0.1, 0.15) is 19.7 Å². The summed E-state index contributed by atoms with van der Waals surface area (Å²) in [6.07, 6.45) is 0. The molecular weight excluding hydrogens is 276 g/mol. The summed E-state index contributed by atoms with van der Waals surface area (Å²) in [7, 11) is 0. The third-order valence-electron chi connectivity index (χ3n) is 1.40. The van der Waals surface area contributed by atoms with Crippen LogP contribution in [-0.4, -0.2) is 24.8 Å². The second-order valence-electron chi connectivity index (χ2n) is 2.56. The molecule has 0 aliphatic rings. The highest BCUT2D eigenvalue weighted by Crippen LogP contribution is 2.05. The Hall–Kier alpha value is -3.52. The largest absolute Gasteiger partial charge is 0.619 e. The van der Waals surface area contributed by atoms with Gasteiger partial charge < -0.3 is 10.8 Å². The van der Waals surface area contributed by atoms with Crippen LogP contribution in [0.2, 0.25) is 0 Å². The van der Waals surface area contributed by atoms with Crippen LogP contribution >= 0.6 is 0 Å². The van der Waals surface area contributed by atoms with Gasteiger partial charge in [-0.05, 0) is 0 Å². The summed E-state index contributed by atoms with van der Waals surface area (Å²) >= 11 is 0. The predicted octanol–water partition coefficient (Wildman–Crippen LogP) is -1.55. The minimum atomic E-state index is -1.99. The van der Waals surface area contributed by atoms with E-state index in [0.29, 0.717) is 0 Å². The van der Waals surface area contributed by atoms with Crippen molar-refractivity contribution in [3.8, 4) is 0 Å². The molecule has 0 amide bonds. The molecule has 0 saturated heterocycles. The summed E-state index contributed by atoms with van der Waals surface area (Å²) < 4.78 is 0. The molecule has 15 heteroatoms. The van der Waals surface area contributed by atoms with Gasteiger partial charge in [-0.15, -0.1) is 0 Å². The van der Waals surface area contributed by atoms with Crippen LogP contribution in [0.4, 0.5) is 0 Å². The molecule has 0 aliphatic heterocycles. The lowest BCUT2D eigenvalue weighted by molar-refractivity contribution is -0.620. The number of rotatable bonds is 6. The highest BCUT2D eigenvalue weighted by Gasteiger charge is 2.37. The SMILES string of the molecule is NC(NC(O)=C([N+](=O)[O-])[N+](=O)[O-])=C([N+](=O)[O-])[N+](=O)[O-]. The summed E-state index contributed by atoms with van der Waals surface area (Å²) in [4.78, 5) is 34.4. The van der Waals surface area contributed by atoms with E-state index in [0.717, 1.165) is 0 Å². The molecule has 0 rings (SSSR count). The molecule has 4 N–H and O–H groups in total. The standard InChI is InChI=1S/C4H4N6O9/c5-1(3(7(12)13)8(14)15)6-2(11)4(9(16)17)10(18)19/h6,11H,5H2. The van der Waals surface area contributed by atoms with Gasteiger partial charge in [0.2, 0.25) is 0 Å². The quantitative estimate of drug-likeness (QED) is 0.286. The zero-order valence-electron chi connectivity index (χ0n) is 8.58. The van der Waals surface area contributed by atoms with Crippen LogP contribution in [0.3, 0.4) is 0 Å². The smallest absolute Gasteiger partial charge is 0.485 e. The molecule has 0 aromatic rings. The Bertz CT molecular complexity index is 441. The number of nitrogens with one attached hydrogen (secondary N) is 1. The second kappa shape index (κ2) is 5.70. The molecule has 19 heavy (non-hydrogen) atoms. The molecule has 15 nitrogen and oxygen atoms in total.